The largest absolute Gasteiger partial charge is 0.507 e. The van der Waals surface area contributed by atoms with Gasteiger partial charge in [-0.25, -0.2) is 4.98 Å². The second kappa shape index (κ2) is 18.5. The number of benzene rings is 7. The molecule has 0 aliphatic rings. The number of aromatic nitrogens is 3. The highest BCUT2D eigenvalue weighted by Gasteiger charge is 2.26. The fourth-order valence-electron chi connectivity index (χ4n) is 9.43. The van der Waals surface area contributed by atoms with Gasteiger partial charge in [-0.05, 0) is 150 Å². The van der Waals surface area contributed by atoms with Crippen molar-refractivity contribution in [1.29, 1.82) is 0 Å². The van der Waals surface area contributed by atoms with Crippen LogP contribution in [0.25, 0.3) is 83.9 Å². The van der Waals surface area contributed by atoms with Gasteiger partial charge in [0, 0.05) is 35.3 Å². The number of hydrogen-bond donors (Lipinski definition) is 1. The first kappa shape index (κ1) is 36.9. The van der Waals surface area contributed by atoms with Crippen LogP contribution >= 0.6 is 0 Å². The molecule has 0 aliphatic heterocycles. The number of rotatable bonds is 10. The van der Waals surface area contributed by atoms with Crippen molar-refractivity contribution in [2.45, 2.75) is 111 Å². The minimum absolute atomic E-state index is 0.101. The number of hydrogen-bond acceptors (Lipinski definition) is 3. The van der Waals surface area contributed by atoms with Crippen LogP contribution in [0.4, 0.5) is 0 Å². The number of phenols is 1. The molecule has 0 atom stereocenters. The molecule has 0 saturated heterocycles. The Bertz CT molecular complexity index is 3700. The van der Waals surface area contributed by atoms with Crippen molar-refractivity contribution >= 4 is 11.0 Å². The fraction of sp³-hybridized carbons (Fsp3) is 0.262. The molecule has 348 valence electrons. The van der Waals surface area contributed by atoms with Crippen LogP contribution in [-0.4, -0.2) is 19.6 Å². The second-order valence-corrected chi connectivity index (χ2v) is 20.2. The third-order valence-corrected chi connectivity index (χ3v) is 13.2. The summed E-state index contributed by atoms with van der Waals surface area (Å²) in [5, 5.41) is 12.5. The van der Waals surface area contributed by atoms with Crippen LogP contribution in [0.5, 0.6) is 5.75 Å². The van der Waals surface area contributed by atoms with Crippen LogP contribution in [-0.2, 0) is 10.8 Å². The number of nitrogens with zero attached hydrogens (tertiary/aromatic N) is 3. The number of imidazole rings is 1. The van der Waals surface area contributed by atoms with Gasteiger partial charge in [0.05, 0.1) is 22.3 Å². The Hall–Kier alpha value is -7.04. The molecule has 4 heteroatoms. The number of phenolic OH excluding ortho intramolecular Hbond substituents is 1. The summed E-state index contributed by atoms with van der Waals surface area (Å²) >= 11 is 0. The van der Waals surface area contributed by atoms with Crippen molar-refractivity contribution in [3.8, 4) is 78.6 Å². The van der Waals surface area contributed by atoms with E-state index in [0.717, 1.165) is 66.7 Å². The number of para-hydroxylation sites is 1. The molecule has 2 heterocycles. The average Bonchev–Trinajstić information content (AvgIpc) is 4.00. The van der Waals surface area contributed by atoms with E-state index in [0.29, 0.717) is 39.4 Å². The molecule has 4 nitrogen and oxygen atoms in total. The van der Waals surface area contributed by atoms with Gasteiger partial charge in [-0.3, -0.25) is 9.55 Å². The third kappa shape index (κ3) is 9.30. The Morgan fingerprint density at radius 1 is 0.522 bits per heavy atom. The Balaban J connectivity index is 1.29. The number of fused-ring (bicyclic) bond motifs is 1. The summed E-state index contributed by atoms with van der Waals surface area (Å²) in [6, 6.07) is 51.0. The summed E-state index contributed by atoms with van der Waals surface area (Å²) in [6.45, 7) is 13.1. The van der Waals surface area contributed by atoms with Crippen molar-refractivity contribution in [3.05, 3.63) is 192 Å². The first-order chi connectivity index (χ1) is 36.3. The van der Waals surface area contributed by atoms with Crippen LogP contribution in [0.15, 0.2) is 164 Å². The van der Waals surface area contributed by atoms with Crippen LogP contribution < -0.4 is 0 Å². The molecule has 0 fully saturated rings. The third-order valence-electron chi connectivity index (χ3n) is 13.2. The van der Waals surface area contributed by atoms with E-state index in [1.807, 2.05) is 85.1 Å². The molecule has 0 radical (unpaired) electrons. The summed E-state index contributed by atoms with van der Waals surface area (Å²) in [5.74, 6) is -3.09. The van der Waals surface area contributed by atoms with Gasteiger partial charge >= 0.3 is 0 Å². The maximum atomic E-state index is 12.5. The van der Waals surface area contributed by atoms with E-state index in [1.54, 1.807) is 64.2 Å². The lowest BCUT2D eigenvalue weighted by molar-refractivity contribution is 0.466. The zero-order chi connectivity index (χ0) is 56.7. The van der Waals surface area contributed by atoms with Gasteiger partial charge in [-0.1, -0.05) is 186 Å². The summed E-state index contributed by atoms with van der Waals surface area (Å²) in [7, 11) is 0. The van der Waals surface area contributed by atoms with Crippen molar-refractivity contribution in [1.82, 2.24) is 14.5 Å². The molecule has 0 aliphatic carbocycles. The SMILES string of the molecule is [2H]C(C)(C)c1cc(-c2nc3c(-c4cc(-c5ccccc5)cc(-c5cc(-c6ccc(C(C)(C([2H])([2H])[2H])C([2H])([2H])[2H])cc6)ccn5)c4)cccc3n2-c2ccc(-c3ccccc3C(C)(C)C)c(C([2H])(C)C)c2)c(O)c(C([2H])(C)C)c1. The first-order valence-electron chi connectivity index (χ1n) is 28.2. The highest BCUT2D eigenvalue weighted by Crippen LogP contribution is 2.45. The van der Waals surface area contributed by atoms with E-state index in [-0.39, 0.29) is 16.7 Å². The topological polar surface area (TPSA) is 50.9 Å². The molecule has 0 saturated carbocycles. The molecule has 0 spiro atoms. The molecule has 0 bridgehead atoms. The van der Waals surface area contributed by atoms with Crippen molar-refractivity contribution < 1.29 is 17.4 Å². The Kier molecular flexibility index (Phi) is 9.88. The number of pyridine rings is 1. The Labute approximate surface area is 423 Å². The van der Waals surface area contributed by atoms with E-state index in [4.69, 9.17) is 18.2 Å². The van der Waals surface area contributed by atoms with Gasteiger partial charge in [-0.15, -0.1) is 0 Å². The van der Waals surface area contributed by atoms with Gasteiger partial charge in [0.15, 0.2) is 0 Å². The first-order valence-corrected chi connectivity index (χ1v) is 23.7. The highest BCUT2D eigenvalue weighted by atomic mass is 16.3. The minimum atomic E-state index is -2.78. The quantitative estimate of drug-likeness (QED) is 0.149. The Morgan fingerprint density at radius 3 is 1.88 bits per heavy atom. The number of aromatic hydroxyl groups is 1. The molecular weight excluding hydrogens is 839 g/mol. The van der Waals surface area contributed by atoms with E-state index in [2.05, 4.69) is 81.4 Å². The van der Waals surface area contributed by atoms with Crippen LogP contribution in [0.2, 0.25) is 0 Å². The van der Waals surface area contributed by atoms with Crippen LogP contribution in [0.1, 0.15) is 141 Å². The maximum absolute atomic E-state index is 12.5. The van der Waals surface area contributed by atoms with E-state index in [1.165, 1.54) is 6.92 Å². The lowest BCUT2D eigenvalue weighted by Crippen LogP contribution is -2.13. The van der Waals surface area contributed by atoms with Crippen LogP contribution in [0.3, 0.4) is 0 Å². The summed E-state index contributed by atoms with van der Waals surface area (Å²) in [6.07, 6.45) is 1.72. The van der Waals surface area contributed by atoms with Crippen LogP contribution in [0, 0.1) is 0 Å². The molecular formula is C65H67N3O. The van der Waals surface area contributed by atoms with E-state index >= 15 is 0 Å². The zero-order valence-electron chi connectivity index (χ0n) is 50.4. The van der Waals surface area contributed by atoms with E-state index in [9.17, 15) is 9.22 Å². The van der Waals surface area contributed by atoms with Gasteiger partial charge < -0.3 is 5.11 Å². The van der Waals surface area contributed by atoms with Gasteiger partial charge in [-0.2, -0.15) is 0 Å². The minimum Gasteiger partial charge on any atom is -0.507 e. The lowest BCUT2D eigenvalue weighted by Gasteiger charge is -2.25. The zero-order valence-corrected chi connectivity index (χ0v) is 41.4. The lowest BCUT2D eigenvalue weighted by atomic mass is 9.80. The normalized spacial score (nSPS) is 15.0. The Morgan fingerprint density at radius 2 is 1.19 bits per heavy atom. The predicted molar refractivity (Wildman–Crippen MR) is 293 cm³/mol. The predicted octanol–water partition coefficient (Wildman–Crippen LogP) is 18.1. The fourth-order valence-corrected chi connectivity index (χ4v) is 9.43. The van der Waals surface area contributed by atoms with Gasteiger partial charge in [0.25, 0.3) is 0 Å². The molecule has 69 heavy (non-hydrogen) atoms. The average molecular weight is 915 g/mol. The standard InChI is InChI=1S/C65H67N3O/c1-40(2)46-36-56(42(5)6)62(69)57(37-46)63-67-61-52(22-18-24-60(61)68(63)51-29-30-53(55(39-51)41(3)4)54-21-16-17-23-58(54)65(10,11)12)48-33-47(43-19-14-13-15-20-43)34-49(35-48)59-38-45(31-32-66-59)44-25-27-50(28-26-44)64(7,8)9/h13-42,69H,1-12H3/i7D3,8D3,40D,41D,42D. The molecule has 1 N–H and O–H groups in total. The summed E-state index contributed by atoms with van der Waals surface area (Å²) in [4.78, 5) is 10.4. The molecule has 7 aromatic carbocycles. The van der Waals surface area contributed by atoms with Crippen molar-refractivity contribution in [2.24, 2.45) is 0 Å². The molecule has 2 aromatic heterocycles. The summed E-state index contributed by atoms with van der Waals surface area (Å²) < 4.78 is 79.3. The van der Waals surface area contributed by atoms with Crippen molar-refractivity contribution in [2.75, 3.05) is 0 Å². The van der Waals surface area contributed by atoms with E-state index < -0.39 is 36.8 Å². The molecule has 0 unspecified atom stereocenters. The van der Waals surface area contributed by atoms with Crippen molar-refractivity contribution in [3.63, 3.8) is 0 Å². The van der Waals surface area contributed by atoms with Gasteiger partial charge in [0.1, 0.15) is 11.6 Å². The molecule has 9 rings (SSSR count). The van der Waals surface area contributed by atoms with Gasteiger partial charge in [0.2, 0.25) is 0 Å². The highest BCUT2D eigenvalue weighted by molar-refractivity contribution is 5.98. The smallest absolute Gasteiger partial charge is 0.149 e. The monoisotopic (exact) mass is 915 g/mol. The second-order valence-electron chi connectivity index (χ2n) is 20.2. The summed E-state index contributed by atoms with van der Waals surface area (Å²) in [5.41, 5.74) is 11.8. The molecule has 9 aromatic rings. The molecule has 0 amide bonds. The maximum Gasteiger partial charge on any atom is 0.149 e.